The minimum atomic E-state index is 0. The van der Waals surface area contributed by atoms with Crippen molar-refractivity contribution in [2.45, 2.75) is 0 Å². The molecule has 5 heavy (non-hydrogen) atoms. The van der Waals surface area contributed by atoms with Gasteiger partial charge in [0.15, 0.2) is 7.57 Å². The molecule has 0 fully saturated rings. The fourth-order valence-corrected chi connectivity index (χ4v) is 0. The lowest BCUT2D eigenvalue weighted by Crippen LogP contribution is -1.27. The molecule has 34 valence electrons. The SMILES string of the molecule is BPO.N.O. The molecule has 0 amide bonds. The predicted octanol–water partition coefficient (Wildman–Crippen LogP) is -1.54. The molecule has 0 aromatic heterocycles. The van der Waals surface area contributed by atoms with Crippen LogP contribution in [0.1, 0.15) is 0 Å². The summed E-state index contributed by atoms with van der Waals surface area (Å²) in [6.45, 7) is 0. The molecule has 0 radical (unpaired) electrons. The average Bonchev–Trinajstić information content (AvgIpc) is 0.918. The molecule has 0 rings (SSSR count). The topological polar surface area (TPSA) is 86.7 Å². The normalized spacial score (nSPS) is 5.80. The van der Waals surface area contributed by atoms with E-state index in [2.05, 4.69) is 0 Å². The molecule has 0 aromatic rings. The third kappa shape index (κ3) is 176. The van der Waals surface area contributed by atoms with Crippen LogP contribution in [-0.4, -0.2) is 17.9 Å². The van der Waals surface area contributed by atoms with Crippen molar-refractivity contribution in [3.63, 3.8) is 0 Å². The lowest BCUT2D eigenvalue weighted by molar-refractivity contribution is 0.659. The summed E-state index contributed by atoms with van der Waals surface area (Å²) < 4.78 is 0. The van der Waals surface area contributed by atoms with Gasteiger partial charge in [0.25, 0.3) is 0 Å². The van der Waals surface area contributed by atoms with Crippen LogP contribution in [0.5, 0.6) is 0 Å². The maximum atomic E-state index is 7.60. The monoisotopic (exact) mass is 97.0 g/mol. The summed E-state index contributed by atoms with van der Waals surface area (Å²) >= 11 is 0. The van der Waals surface area contributed by atoms with Crippen LogP contribution in [0, 0.1) is 0 Å². The summed E-state index contributed by atoms with van der Waals surface area (Å²) in [5, 5.41) is 0. The summed E-state index contributed by atoms with van der Waals surface area (Å²) in [5.41, 5.74) is 0. The summed E-state index contributed by atoms with van der Waals surface area (Å²) in [6, 6.07) is 0. The van der Waals surface area contributed by atoms with Gasteiger partial charge in [-0.05, 0) is 8.69 Å². The zero-order valence-corrected chi connectivity index (χ0v) is 4.15. The molecule has 0 heterocycles. The summed E-state index contributed by atoms with van der Waals surface area (Å²) in [6.07, 6.45) is 0. The first kappa shape index (κ1) is 18.2. The van der Waals surface area contributed by atoms with Crippen LogP contribution in [0.2, 0.25) is 0 Å². The second kappa shape index (κ2) is 26.4. The van der Waals surface area contributed by atoms with E-state index in [9.17, 15) is 0 Å². The Labute approximate surface area is 33.9 Å². The van der Waals surface area contributed by atoms with Gasteiger partial charge in [-0.3, -0.25) is 0 Å². The largest absolute Gasteiger partial charge is 0.412 e. The summed E-state index contributed by atoms with van der Waals surface area (Å²) in [4.78, 5) is 7.60. The van der Waals surface area contributed by atoms with E-state index in [1.165, 1.54) is 0 Å². The highest BCUT2D eigenvalue weighted by Crippen LogP contribution is 1.80. The van der Waals surface area contributed by atoms with Gasteiger partial charge in [0.2, 0.25) is 0 Å². The van der Waals surface area contributed by atoms with Gasteiger partial charge in [-0.25, -0.2) is 0 Å². The van der Waals surface area contributed by atoms with Crippen LogP contribution in [0.3, 0.4) is 0 Å². The molecular weight excluding hydrogens is 87.8 g/mol. The third-order valence-corrected chi connectivity index (χ3v) is 0. The zero-order valence-electron chi connectivity index (χ0n) is 3.15. The van der Waals surface area contributed by atoms with E-state index in [-0.39, 0.29) is 20.3 Å². The Morgan fingerprint density at radius 3 is 1.60 bits per heavy atom. The standard InChI is InChI=1S/BH4OP.H3N.H2O/c1-3-2;;/h2-3H,1H2;1H3;1H2. The van der Waals surface area contributed by atoms with E-state index in [4.69, 9.17) is 4.89 Å². The predicted molar refractivity (Wildman–Crippen MR) is 27.7 cm³/mol. The summed E-state index contributed by atoms with van der Waals surface area (Å²) in [7, 11) is 1.79. The molecule has 5 heteroatoms. The van der Waals surface area contributed by atoms with Crippen molar-refractivity contribution >= 4 is 16.3 Å². The molecule has 0 aliphatic rings. The van der Waals surface area contributed by atoms with Crippen molar-refractivity contribution < 1.29 is 10.4 Å². The van der Waals surface area contributed by atoms with Crippen LogP contribution in [-0.2, 0) is 0 Å². The summed E-state index contributed by atoms with van der Waals surface area (Å²) in [5.74, 6) is 0. The number of rotatable bonds is 0. The van der Waals surface area contributed by atoms with E-state index < -0.39 is 0 Å². The maximum absolute atomic E-state index is 7.60. The Balaban J connectivity index is -0.0000000200. The Morgan fingerprint density at radius 1 is 1.60 bits per heavy atom. The Morgan fingerprint density at radius 2 is 1.60 bits per heavy atom. The Bertz CT molecular complexity index is 9.61. The second-order valence-electron chi connectivity index (χ2n) is 0.224. The van der Waals surface area contributed by atoms with Gasteiger partial charge in [0.05, 0.1) is 0 Å². The van der Waals surface area contributed by atoms with Gasteiger partial charge in [0.1, 0.15) is 0 Å². The van der Waals surface area contributed by atoms with E-state index in [1.807, 2.05) is 0 Å². The first-order valence-corrected chi connectivity index (χ1v) is 2.17. The first-order chi connectivity index (χ1) is 1.41. The fourth-order valence-electron chi connectivity index (χ4n) is 0. The molecule has 6 N–H and O–H groups in total. The molecule has 0 spiro atoms. The van der Waals surface area contributed by atoms with E-state index in [0.717, 1.165) is 0 Å². The van der Waals surface area contributed by atoms with Crippen LogP contribution in [0.25, 0.3) is 0 Å². The first-order valence-electron chi connectivity index (χ1n) is 0.724. The molecule has 0 saturated carbocycles. The highest BCUT2D eigenvalue weighted by Gasteiger charge is 1.37. The van der Waals surface area contributed by atoms with Crippen molar-refractivity contribution in [1.29, 1.82) is 0 Å². The van der Waals surface area contributed by atoms with Crippen LogP contribution in [0.15, 0.2) is 0 Å². The van der Waals surface area contributed by atoms with Gasteiger partial charge in [-0.2, -0.15) is 0 Å². The molecular formula is H9BNO2P. The van der Waals surface area contributed by atoms with Crippen molar-refractivity contribution in [3.8, 4) is 0 Å². The van der Waals surface area contributed by atoms with Gasteiger partial charge >= 0.3 is 0 Å². The van der Waals surface area contributed by atoms with Crippen LogP contribution >= 0.6 is 8.69 Å². The Kier molecular flexibility index (Phi) is 96.2. The van der Waals surface area contributed by atoms with E-state index >= 15 is 0 Å². The van der Waals surface area contributed by atoms with Gasteiger partial charge in [0, 0.05) is 0 Å². The molecule has 0 aliphatic heterocycles. The van der Waals surface area contributed by atoms with Gasteiger partial charge in [-0.15, -0.1) is 0 Å². The van der Waals surface area contributed by atoms with Gasteiger partial charge in [-0.1, -0.05) is 0 Å². The molecule has 1 unspecified atom stereocenters. The van der Waals surface area contributed by atoms with Crippen molar-refractivity contribution in [2.24, 2.45) is 0 Å². The molecule has 0 bridgehead atoms. The zero-order chi connectivity index (χ0) is 2.71. The number of hydrogen-bond donors (Lipinski definition) is 2. The smallest absolute Gasteiger partial charge is 0.164 e. The molecule has 1 atom stereocenters. The quantitative estimate of drug-likeness (QED) is 0.283. The molecule has 3 nitrogen and oxygen atoms in total. The molecule has 0 aliphatic carbocycles. The minimum absolute atomic E-state index is 0. The second-order valence-corrected chi connectivity index (χ2v) is 0.671. The van der Waals surface area contributed by atoms with Crippen molar-refractivity contribution in [1.82, 2.24) is 6.15 Å². The van der Waals surface area contributed by atoms with E-state index in [1.54, 1.807) is 7.57 Å². The minimum Gasteiger partial charge on any atom is -0.412 e. The van der Waals surface area contributed by atoms with E-state index in [0.29, 0.717) is 0 Å². The third-order valence-electron chi connectivity index (χ3n) is 0. The van der Waals surface area contributed by atoms with Crippen molar-refractivity contribution in [3.05, 3.63) is 0 Å². The highest BCUT2D eigenvalue weighted by molar-refractivity contribution is 7.61. The lowest BCUT2D eigenvalue weighted by atomic mass is 10.8. The lowest BCUT2D eigenvalue weighted by Gasteiger charge is -1.52. The average molecular weight is 96.9 g/mol. The fraction of sp³-hybridized carbons (Fsp3) is 0. The number of hydrogen-bond acceptors (Lipinski definition) is 2. The van der Waals surface area contributed by atoms with Crippen LogP contribution in [0.4, 0.5) is 0 Å². The molecule has 0 aromatic carbocycles. The van der Waals surface area contributed by atoms with Gasteiger partial charge < -0.3 is 16.5 Å². The molecule has 0 saturated heterocycles. The maximum Gasteiger partial charge on any atom is 0.164 e. The van der Waals surface area contributed by atoms with Crippen molar-refractivity contribution in [2.75, 3.05) is 0 Å². The Hall–Kier alpha value is 0.375. The highest BCUT2D eigenvalue weighted by atomic mass is 31.1. The van der Waals surface area contributed by atoms with Crippen LogP contribution < -0.4 is 6.15 Å².